The van der Waals surface area contributed by atoms with Gasteiger partial charge in [-0.15, -0.1) is 0 Å². The number of hydrogen-bond donors (Lipinski definition) is 2. The number of fused-ring (bicyclic) bond motifs is 3. The van der Waals surface area contributed by atoms with Gasteiger partial charge in [0.1, 0.15) is 0 Å². The van der Waals surface area contributed by atoms with Crippen LogP contribution in [-0.2, 0) is 4.79 Å². The fraction of sp³-hybridized carbons (Fsp3) is 0.625. The van der Waals surface area contributed by atoms with Crippen molar-refractivity contribution in [2.24, 2.45) is 11.8 Å². The van der Waals surface area contributed by atoms with Crippen LogP contribution in [0.25, 0.3) is 10.9 Å². The van der Waals surface area contributed by atoms with Crippen molar-refractivity contribution < 1.29 is 9.90 Å². The van der Waals surface area contributed by atoms with Crippen molar-refractivity contribution in [2.45, 2.75) is 76.8 Å². The van der Waals surface area contributed by atoms with Crippen molar-refractivity contribution in [3.05, 3.63) is 36.0 Å². The number of carbonyl (C=O) groups is 1. The lowest BCUT2D eigenvalue weighted by Gasteiger charge is -2.48. The number of aliphatic hydroxyl groups excluding tert-OH is 1. The van der Waals surface area contributed by atoms with Gasteiger partial charge in [-0.3, -0.25) is 4.79 Å². The van der Waals surface area contributed by atoms with Crippen molar-refractivity contribution in [2.75, 3.05) is 6.61 Å². The molecule has 4 nitrogen and oxygen atoms in total. The first-order chi connectivity index (χ1) is 13.6. The maximum absolute atomic E-state index is 13.6. The summed E-state index contributed by atoms with van der Waals surface area (Å²) in [5.41, 5.74) is 2.40. The summed E-state index contributed by atoms with van der Waals surface area (Å²) in [7, 11) is 0. The van der Waals surface area contributed by atoms with Gasteiger partial charge < -0.3 is 15.0 Å². The van der Waals surface area contributed by atoms with Crippen molar-refractivity contribution in [1.82, 2.24) is 9.88 Å². The number of nitrogens with one attached hydrogen (secondary N) is 1. The lowest BCUT2D eigenvalue weighted by Crippen LogP contribution is -2.54. The lowest BCUT2D eigenvalue weighted by molar-refractivity contribution is -0.142. The molecule has 4 atom stereocenters. The highest BCUT2D eigenvalue weighted by atomic mass is 16.3. The van der Waals surface area contributed by atoms with E-state index < -0.39 is 0 Å². The molecule has 1 aromatic carbocycles. The SMILES string of the molecule is CC(C)C(CC(=O)N1C(CCO)CC2CCCC1C2)c1c[nH]c2ccccc12. The van der Waals surface area contributed by atoms with E-state index in [1.807, 2.05) is 6.07 Å². The summed E-state index contributed by atoms with van der Waals surface area (Å²) >= 11 is 0. The Bertz CT molecular complexity index is 812. The van der Waals surface area contributed by atoms with E-state index in [2.05, 4.69) is 48.1 Å². The number of rotatable bonds is 6. The molecule has 2 heterocycles. The quantitative estimate of drug-likeness (QED) is 0.751. The number of H-pyrrole nitrogens is 1. The Kier molecular flexibility index (Phi) is 5.77. The zero-order chi connectivity index (χ0) is 19.7. The number of carbonyl (C=O) groups excluding carboxylic acids is 1. The molecular formula is C24H34N2O2. The predicted octanol–water partition coefficient (Wildman–Crippen LogP) is 4.84. The number of aromatic nitrogens is 1. The molecule has 2 bridgehead atoms. The molecule has 1 amide bonds. The number of amides is 1. The first kappa shape index (κ1) is 19.5. The highest BCUT2D eigenvalue weighted by Crippen LogP contribution is 2.41. The van der Waals surface area contributed by atoms with Gasteiger partial charge in [0.2, 0.25) is 5.91 Å². The van der Waals surface area contributed by atoms with Crippen molar-refractivity contribution in [3.63, 3.8) is 0 Å². The molecule has 2 aliphatic rings. The molecule has 152 valence electrons. The van der Waals surface area contributed by atoms with E-state index in [4.69, 9.17) is 0 Å². The summed E-state index contributed by atoms with van der Waals surface area (Å²) in [6.07, 6.45) is 9.27. The van der Waals surface area contributed by atoms with Gasteiger partial charge in [0.05, 0.1) is 0 Å². The van der Waals surface area contributed by atoms with Crippen LogP contribution in [0.1, 0.15) is 70.3 Å². The zero-order valence-electron chi connectivity index (χ0n) is 17.2. The molecule has 28 heavy (non-hydrogen) atoms. The monoisotopic (exact) mass is 382 g/mol. The van der Waals surface area contributed by atoms with Crippen LogP contribution in [0.5, 0.6) is 0 Å². The smallest absolute Gasteiger partial charge is 0.223 e. The fourth-order valence-corrected chi connectivity index (χ4v) is 5.74. The van der Waals surface area contributed by atoms with Crippen LogP contribution in [0.4, 0.5) is 0 Å². The molecule has 1 aliphatic heterocycles. The lowest BCUT2D eigenvalue weighted by atomic mass is 9.75. The Morgan fingerprint density at radius 2 is 2.07 bits per heavy atom. The maximum atomic E-state index is 13.6. The highest BCUT2D eigenvalue weighted by Gasteiger charge is 2.40. The van der Waals surface area contributed by atoms with Crippen molar-refractivity contribution in [3.8, 4) is 0 Å². The predicted molar refractivity (Wildman–Crippen MR) is 113 cm³/mol. The van der Waals surface area contributed by atoms with E-state index in [1.165, 1.54) is 23.8 Å². The van der Waals surface area contributed by atoms with Gasteiger partial charge in [-0.05, 0) is 55.1 Å². The molecule has 4 unspecified atom stereocenters. The number of aromatic amines is 1. The average Bonchev–Trinajstić information content (AvgIpc) is 3.10. The van der Waals surface area contributed by atoms with Crippen molar-refractivity contribution in [1.29, 1.82) is 0 Å². The first-order valence-electron chi connectivity index (χ1n) is 11.1. The maximum Gasteiger partial charge on any atom is 0.223 e. The van der Waals surface area contributed by atoms with Crippen molar-refractivity contribution >= 4 is 16.8 Å². The van der Waals surface area contributed by atoms with E-state index >= 15 is 0 Å². The number of para-hydroxylation sites is 1. The van der Waals surface area contributed by atoms with Crippen LogP contribution in [0.3, 0.4) is 0 Å². The summed E-state index contributed by atoms with van der Waals surface area (Å²) in [6, 6.07) is 8.97. The Hall–Kier alpha value is -1.81. The molecule has 0 spiro atoms. The molecule has 4 rings (SSSR count). The summed E-state index contributed by atoms with van der Waals surface area (Å²) in [5, 5.41) is 10.8. The van der Waals surface area contributed by atoms with Gasteiger partial charge in [0, 0.05) is 42.2 Å². The molecule has 1 aromatic heterocycles. The molecule has 1 saturated carbocycles. The number of likely N-dealkylation sites (tertiary alicyclic amines) is 1. The minimum Gasteiger partial charge on any atom is -0.396 e. The van der Waals surface area contributed by atoms with Gasteiger partial charge in [-0.25, -0.2) is 0 Å². The molecule has 2 fully saturated rings. The van der Waals surface area contributed by atoms with E-state index in [1.54, 1.807) is 0 Å². The Morgan fingerprint density at radius 1 is 1.25 bits per heavy atom. The van der Waals surface area contributed by atoms with Gasteiger partial charge in [-0.1, -0.05) is 44.9 Å². The normalized spacial score (nSPS) is 26.0. The third-order valence-corrected chi connectivity index (χ3v) is 7.12. The van der Waals surface area contributed by atoms with Crippen LogP contribution in [0, 0.1) is 11.8 Å². The molecule has 1 saturated heterocycles. The summed E-state index contributed by atoms with van der Waals surface area (Å²) in [4.78, 5) is 19.1. The number of nitrogens with zero attached hydrogens (tertiary/aromatic N) is 1. The van der Waals surface area contributed by atoms with Crippen LogP contribution in [0.15, 0.2) is 30.5 Å². The average molecular weight is 383 g/mol. The van der Waals surface area contributed by atoms with Crippen LogP contribution < -0.4 is 0 Å². The second kappa shape index (κ2) is 8.28. The summed E-state index contributed by atoms with van der Waals surface area (Å²) < 4.78 is 0. The largest absolute Gasteiger partial charge is 0.396 e. The standard InChI is InChI=1S/C24H34N2O2/c1-16(2)21(22-15-25-23-9-4-3-8-20(22)23)14-24(28)26-18-7-5-6-17(12-18)13-19(26)10-11-27/h3-4,8-9,15-19,21,25,27H,5-7,10-14H2,1-2H3. The van der Waals surface area contributed by atoms with E-state index in [0.717, 1.165) is 37.1 Å². The number of benzene rings is 1. The summed E-state index contributed by atoms with van der Waals surface area (Å²) in [5.74, 6) is 1.63. The number of piperidine rings is 1. The topological polar surface area (TPSA) is 56.3 Å². The van der Waals surface area contributed by atoms with Gasteiger partial charge >= 0.3 is 0 Å². The van der Waals surface area contributed by atoms with E-state index in [9.17, 15) is 9.90 Å². The minimum absolute atomic E-state index is 0.171. The second-order valence-electron chi connectivity index (χ2n) is 9.23. The fourth-order valence-electron chi connectivity index (χ4n) is 5.74. The third-order valence-electron chi connectivity index (χ3n) is 7.12. The minimum atomic E-state index is 0.171. The molecule has 0 radical (unpaired) electrons. The highest BCUT2D eigenvalue weighted by molar-refractivity contribution is 5.85. The van der Waals surface area contributed by atoms with Gasteiger partial charge in [-0.2, -0.15) is 0 Å². The molecule has 2 N–H and O–H groups in total. The number of aliphatic hydroxyl groups is 1. The Labute approximate surface area is 168 Å². The van der Waals surface area contributed by atoms with Crippen LogP contribution in [-0.4, -0.2) is 39.6 Å². The van der Waals surface area contributed by atoms with Gasteiger partial charge in [0.25, 0.3) is 0 Å². The Balaban J connectivity index is 1.58. The van der Waals surface area contributed by atoms with Crippen LogP contribution >= 0.6 is 0 Å². The molecular weight excluding hydrogens is 348 g/mol. The Morgan fingerprint density at radius 3 is 2.86 bits per heavy atom. The molecule has 2 aromatic rings. The van der Waals surface area contributed by atoms with Crippen LogP contribution in [0.2, 0.25) is 0 Å². The summed E-state index contributed by atoms with van der Waals surface area (Å²) in [6.45, 7) is 4.61. The van der Waals surface area contributed by atoms with Gasteiger partial charge in [0.15, 0.2) is 0 Å². The first-order valence-corrected chi connectivity index (χ1v) is 11.1. The third kappa shape index (κ3) is 3.71. The molecule has 4 heteroatoms. The number of hydrogen-bond acceptors (Lipinski definition) is 2. The van der Waals surface area contributed by atoms with E-state index in [0.29, 0.717) is 18.4 Å². The second-order valence-corrected chi connectivity index (χ2v) is 9.23. The molecule has 1 aliphatic carbocycles. The van der Waals surface area contributed by atoms with E-state index in [-0.39, 0.29) is 24.5 Å². The zero-order valence-corrected chi connectivity index (χ0v) is 17.2.